The Morgan fingerprint density at radius 1 is 1.21 bits per heavy atom. The van der Waals surface area contributed by atoms with Crippen LogP contribution in [-0.4, -0.2) is 26.5 Å². The van der Waals surface area contributed by atoms with Gasteiger partial charge in [0.05, 0.1) is 5.70 Å². The summed E-state index contributed by atoms with van der Waals surface area (Å²) in [5, 5.41) is 9.61. The second kappa shape index (κ2) is 7.55. The largest absolute Gasteiger partial charge is 0.398 e. The zero-order valence-corrected chi connectivity index (χ0v) is 16.3. The van der Waals surface area contributed by atoms with Crippen LogP contribution in [0, 0.1) is 6.92 Å². The average molecular weight is 383 g/mol. The first kappa shape index (κ1) is 18.4. The van der Waals surface area contributed by atoms with Crippen molar-refractivity contribution < 1.29 is 0 Å². The second-order valence-corrected chi connectivity index (χ2v) is 6.77. The molecule has 0 fully saturated rings. The molecular weight excluding hydrogens is 362 g/mol. The van der Waals surface area contributed by atoms with E-state index >= 15 is 0 Å². The van der Waals surface area contributed by atoms with E-state index in [9.17, 15) is 0 Å². The van der Waals surface area contributed by atoms with E-state index in [1.165, 1.54) is 0 Å². The number of hydrogen-bond donors (Lipinski definition) is 2. The van der Waals surface area contributed by atoms with E-state index in [4.69, 9.17) is 5.73 Å². The first-order chi connectivity index (χ1) is 14.0. The Kier molecular flexibility index (Phi) is 4.78. The van der Waals surface area contributed by atoms with Crippen molar-refractivity contribution in [3.8, 4) is 11.1 Å². The highest BCUT2D eigenvalue weighted by Gasteiger charge is 2.09. The van der Waals surface area contributed by atoms with Gasteiger partial charge >= 0.3 is 0 Å². The molecule has 4 rings (SSSR count). The van der Waals surface area contributed by atoms with E-state index in [2.05, 4.69) is 45.1 Å². The number of nitrogen functional groups attached to an aromatic ring is 1. The molecule has 0 unspecified atom stereocenters. The van der Waals surface area contributed by atoms with Crippen molar-refractivity contribution in [3.05, 3.63) is 66.9 Å². The molecule has 3 N–H and O–H groups in total. The molecule has 4 aromatic rings. The Labute approximate surface area is 168 Å². The maximum Gasteiger partial charge on any atom is 0.153 e. The Bertz CT molecular complexity index is 1240. The third kappa shape index (κ3) is 3.70. The number of anilines is 3. The lowest BCUT2D eigenvalue weighted by Crippen LogP contribution is -1.98. The summed E-state index contributed by atoms with van der Waals surface area (Å²) >= 11 is 0. The van der Waals surface area contributed by atoms with Gasteiger partial charge in [-0.1, -0.05) is 0 Å². The number of nitrogens with zero attached hydrogens (tertiary/aromatic N) is 5. The molecule has 1 aromatic carbocycles. The lowest BCUT2D eigenvalue weighted by molar-refractivity contribution is 0.896. The number of rotatable bonds is 5. The van der Waals surface area contributed by atoms with Crippen LogP contribution in [0.5, 0.6) is 0 Å². The third-order valence-corrected chi connectivity index (χ3v) is 4.70. The number of aryl methyl sites for hydroxylation is 1. The number of nitrogens with one attached hydrogen (secondary N) is 1. The Hall–Kier alpha value is -4.00. The Balaban J connectivity index is 1.69. The molecule has 0 saturated heterocycles. The first-order valence-corrected chi connectivity index (χ1v) is 9.11. The van der Waals surface area contributed by atoms with E-state index in [0.717, 1.165) is 33.2 Å². The normalized spacial score (nSPS) is 11.6. The number of benzene rings is 1. The van der Waals surface area contributed by atoms with Gasteiger partial charge in [-0.15, -0.1) is 0 Å². The quantitative estimate of drug-likeness (QED) is 0.386. The smallest absolute Gasteiger partial charge is 0.153 e. The van der Waals surface area contributed by atoms with Gasteiger partial charge in [-0.05, 0) is 61.3 Å². The summed E-state index contributed by atoms with van der Waals surface area (Å²) in [5.41, 5.74) is 11.1. The summed E-state index contributed by atoms with van der Waals surface area (Å²) in [4.78, 5) is 12.5. The molecule has 144 valence electrons. The monoisotopic (exact) mass is 383 g/mol. The molecule has 29 heavy (non-hydrogen) atoms. The van der Waals surface area contributed by atoms with Crippen molar-refractivity contribution in [2.45, 2.75) is 13.8 Å². The number of aromatic nitrogens is 4. The fourth-order valence-electron chi connectivity index (χ4n) is 3.19. The number of pyridine rings is 2. The molecule has 0 aliphatic heterocycles. The standard InChI is InChI=1S/C22H21N7/c1-14-4-6-25-12-18(14)16-8-17-10-22(26-13-19(17)20(23)9-16)27-21-5-7-29(28-21)15(2)11-24-3/h4-13H,3,23H2,1-2H3,(H,26,27,28)/b15-11+. The van der Waals surface area contributed by atoms with Crippen LogP contribution in [0.2, 0.25) is 0 Å². The van der Waals surface area contributed by atoms with E-state index in [1.807, 2.05) is 43.6 Å². The van der Waals surface area contributed by atoms with Crippen molar-refractivity contribution in [2.24, 2.45) is 4.99 Å². The fraction of sp³-hybridized carbons (Fsp3) is 0.0909. The summed E-state index contributed by atoms with van der Waals surface area (Å²) < 4.78 is 1.72. The molecule has 7 nitrogen and oxygen atoms in total. The lowest BCUT2D eigenvalue weighted by atomic mass is 9.99. The Morgan fingerprint density at radius 3 is 2.86 bits per heavy atom. The summed E-state index contributed by atoms with van der Waals surface area (Å²) in [7, 11) is 0. The lowest BCUT2D eigenvalue weighted by Gasteiger charge is -2.10. The first-order valence-electron chi connectivity index (χ1n) is 9.11. The van der Waals surface area contributed by atoms with Gasteiger partial charge in [0.1, 0.15) is 5.82 Å². The highest BCUT2D eigenvalue weighted by Crippen LogP contribution is 2.31. The number of hydrogen-bond acceptors (Lipinski definition) is 6. The molecule has 0 spiro atoms. The minimum absolute atomic E-state index is 0.681. The van der Waals surface area contributed by atoms with Crippen LogP contribution in [0.3, 0.4) is 0 Å². The summed E-state index contributed by atoms with van der Waals surface area (Å²) in [5.74, 6) is 1.37. The zero-order valence-electron chi connectivity index (χ0n) is 16.3. The van der Waals surface area contributed by atoms with Crippen molar-refractivity contribution >= 4 is 40.5 Å². The van der Waals surface area contributed by atoms with Crippen molar-refractivity contribution in [1.29, 1.82) is 0 Å². The predicted octanol–water partition coefficient (Wildman–Crippen LogP) is 4.65. The van der Waals surface area contributed by atoms with Crippen LogP contribution in [0.25, 0.3) is 27.6 Å². The van der Waals surface area contributed by atoms with Gasteiger partial charge in [-0.3, -0.25) is 9.98 Å². The minimum atomic E-state index is 0.681. The van der Waals surface area contributed by atoms with Crippen LogP contribution in [0.4, 0.5) is 17.3 Å². The van der Waals surface area contributed by atoms with Gasteiger partial charge in [-0.2, -0.15) is 5.10 Å². The molecule has 0 bridgehead atoms. The summed E-state index contributed by atoms with van der Waals surface area (Å²) in [6, 6.07) is 9.89. The number of aliphatic imine (C=N–C) groups is 1. The topological polar surface area (TPSA) is 94.0 Å². The van der Waals surface area contributed by atoms with Crippen LogP contribution in [-0.2, 0) is 0 Å². The third-order valence-electron chi connectivity index (χ3n) is 4.70. The van der Waals surface area contributed by atoms with Crippen molar-refractivity contribution in [3.63, 3.8) is 0 Å². The highest BCUT2D eigenvalue weighted by atomic mass is 15.3. The van der Waals surface area contributed by atoms with Crippen LogP contribution in [0.1, 0.15) is 12.5 Å². The van der Waals surface area contributed by atoms with Gasteiger partial charge in [-0.25, -0.2) is 9.67 Å². The fourth-order valence-corrected chi connectivity index (χ4v) is 3.19. The molecule has 7 heteroatoms. The van der Waals surface area contributed by atoms with E-state index in [-0.39, 0.29) is 0 Å². The van der Waals surface area contributed by atoms with E-state index < -0.39 is 0 Å². The van der Waals surface area contributed by atoms with Gasteiger partial charge in [0, 0.05) is 53.7 Å². The number of nitrogens with two attached hydrogens (primary N) is 1. The SMILES string of the molecule is C=N/C=C(\C)n1ccc(Nc2cc3cc(-c4cnccc4C)cc(N)c3cn2)n1. The minimum Gasteiger partial charge on any atom is -0.398 e. The molecule has 0 radical (unpaired) electrons. The van der Waals surface area contributed by atoms with Gasteiger partial charge in [0.15, 0.2) is 5.82 Å². The maximum absolute atomic E-state index is 6.30. The molecule has 3 aromatic heterocycles. The van der Waals surface area contributed by atoms with E-state index in [0.29, 0.717) is 17.3 Å². The molecule has 0 atom stereocenters. The summed E-state index contributed by atoms with van der Waals surface area (Å²) in [6.45, 7) is 7.43. The van der Waals surface area contributed by atoms with Crippen molar-refractivity contribution in [2.75, 3.05) is 11.1 Å². The molecule has 0 aliphatic carbocycles. The number of allylic oxidation sites excluding steroid dienone is 1. The van der Waals surface area contributed by atoms with Crippen LogP contribution >= 0.6 is 0 Å². The van der Waals surface area contributed by atoms with Gasteiger partial charge in [0.2, 0.25) is 0 Å². The zero-order chi connectivity index (χ0) is 20.4. The average Bonchev–Trinajstić information content (AvgIpc) is 3.17. The molecule has 0 aliphatic rings. The van der Waals surface area contributed by atoms with Crippen molar-refractivity contribution in [1.82, 2.24) is 19.7 Å². The van der Waals surface area contributed by atoms with Crippen LogP contribution in [0.15, 0.2) is 66.3 Å². The van der Waals surface area contributed by atoms with E-state index in [1.54, 1.807) is 23.3 Å². The van der Waals surface area contributed by atoms with Gasteiger partial charge in [0.25, 0.3) is 0 Å². The molecule has 0 saturated carbocycles. The Morgan fingerprint density at radius 2 is 2.07 bits per heavy atom. The van der Waals surface area contributed by atoms with Gasteiger partial charge < -0.3 is 11.1 Å². The molecular formula is C22H21N7. The maximum atomic E-state index is 6.30. The molecule has 0 amide bonds. The highest BCUT2D eigenvalue weighted by molar-refractivity contribution is 5.97. The molecule has 3 heterocycles. The predicted molar refractivity (Wildman–Crippen MR) is 119 cm³/mol. The second-order valence-electron chi connectivity index (χ2n) is 6.77. The number of fused-ring (bicyclic) bond motifs is 1. The van der Waals surface area contributed by atoms with Crippen LogP contribution < -0.4 is 11.1 Å². The summed E-state index contributed by atoms with van der Waals surface area (Å²) in [6.07, 6.45) is 8.92.